The molecular weight excluding hydrogens is 346 g/mol. The molecule has 0 aliphatic heterocycles. The molecule has 134 valence electrons. The van der Waals surface area contributed by atoms with Crippen molar-refractivity contribution in [1.82, 2.24) is 4.90 Å². The largest absolute Gasteiger partial charge is 0.433 e. The van der Waals surface area contributed by atoms with Crippen LogP contribution in [0.2, 0.25) is 0 Å². The fourth-order valence-corrected chi connectivity index (χ4v) is 2.71. The maximum atomic E-state index is 12.4. The topological polar surface area (TPSA) is 41.6 Å². The number of para-hydroxylation sites is 2. The lowest BCUT2D eigenvalue weighted by Crippen LogP contribution is -2.30. The molecule has 0 saturated heterocycles. The summed E-state index contributed by atoms with van der Waals surface area (Å²) in [6, 6.07) is 14.2. The first kappa shape index (κ1) is 19.2. The SMILES string of the molecule is CSc1ccc(CN(C)CC(=O)Nc2ccccc2OC(F)F)cc1. The van der Waals surface area contributed by atoms with Gasteiger partial charge in [0.25, 0.3) is 0 Å². The van der Waals surface area contributed by atoms with E-state index in [0.717, 1.165) is 5.56 Å². The predicted octanol–water partition coefficient (Wildman–Crippen LogP) is 4.08. The Morgan fingerprint density at radius 1 is 1.20 bits per heavy atom. The van der Waals surface area contributed by atoms with Crippen LogP contribution in [0.5, 0.6) is 5.75 Å². The van der Waals surface area contributed by atoms with Gasteiger partial charge in [-0.3, -0.25) is 9.69 Å². The standard InChI is InChI=1S/C18H20F2N2O2S/c1-22(11-13-7-9-14(25-2)10-8-13)12-17(23)21-15-5-3-4-6-16(15)24-18(19)20/h3-10,18H,11-12H2,1-2H3,(H,21,23). The maximum Gasteiger partial charge on any atom is 0.387 e. The van der Waals surface area contributed by atoms with Gasteiger partial charge in [-0.25, -0.2) is 0 Å². The summed E-state index contributed by atoms with van der Waals surface area (Å²) in [4.78, 5) is 15.2. The van der Waals surface area contributed by atoms with Gasteiger partial charge in [-0.1, -0.05) is 24.3 Å². The van der Waals surface area contributed by atoms with E-state index in [1.54, 1.807) is 23.9 Å². The lowest BCUT2D eigenvalue weighted by molar-refractivity contribution is -0.117. The molecule has 1 N–H and O–H groups in total. The second-order valence-electron chi connectivity index (χ2n) is 5.44. The van der Waals surface area contributed by atoms with Gasteiger partial charge >= 0.3 is 6.61 Å². The van der Waals surface area contributed by atoms with Gasteiger partial charge < -0.3 is 10.1 Å². The van der Waals surface area contributed by atoms with E-state index in [1.807, 2.05) is 42.5 Å². The van der Waals surface area contributed by atoms with Gasteiger partial charge in [-0.05, 0) is 43.1 Å². The van der Waals surface area contributed by atoms with Gasteiger partial charge in [-0.15, -0.1) is 11.8 Å². The molecule has 4 nitrogen and oxygen atoms in total. The van der Waals surface area contributed by atoms with E-state index in [1.165, 1.54) is 17.0 Å². The van der Waals surface area contributed by atoms with Gasteiger partial charge in [0.05, 0.1) is 12.2 Å². The van der Waals surface area contributed by atoms with Crippen LogP contribution in [0.3, 0.4) is 0 Å². The molecule has 1 amide bonds. The lowest BCUT2D eigenvalue weighted by atomic mass is 10.2. The van der Waals surface area contributed by atoms with Gasteiger partial charge in [0, 0.05) is 11.4 Å². The minimum absolute atomic E-state index is 0.0545. The highest BCUT2D eigenvalue weighted by molar-refractivity contribution is 7.98. The molecule has 2 aromatic rings. The number of halogens is 2. The Morgan fingerprint density at radius 3 is 2.52 bits per heavy atom. The number of nitrogens with zero attached hydrogens (tertiary/aromatic N) is 1. The molecule has 0 heterocycles. The molecule has 7 heteroatoms. The lowest BCUT2D eigenvalue weighted by Gasteiger charge is -2.17. The summed E-state index contributed by atoms with van der Waals surface area (Å²) in [6.45, 7) is -2.20. The van der Waals surface area contributed by atoms with Crippen LogP contribution in [0, 0.1) is 0 Å². The predicted molar refractivity (Wildman–Crippen MR) is 96.3 cm³/mol. The molecule has 25 heavy (non-hydrogen) atoms. The number of ether oxygens (including phenoxy) is 1. The van der Waals surface area contributed by atoms with Crippen molar-refractivity contribution in [3.8, 4) is 5.75 Å². The normalized spacial score (nSPS) is 11.0. The number of rotatable bonds is 8. The third-order valence-electron chi connectivity index (χ3n) is 3.40. The zero-order valence-electron chi connectivity index (χ0n) is 14.0. The smallest absolute Gasteiger partial charge is 0.387 e. The molecule has 0 unspecified atom stereocenters. The number of thioether (sulfide) groups is 1. The molecule has 0 spiro atoms. The van der Waals surface area contributed by atoms with Crippen molar-refractivity contribution in [2.24, 2.45) is 0 Å². The Balaban J connectivity index is 1.91. The quantitative estimate of drug-likeness (QED) is 0.715. The van der Waals surface area contributed by atoms with Crippen LogP contribution in [0.15, 0.2) is 53.4 Å². The first-order chi connectivity index (χ1) is 12.0. The average molecular weight is 366 g/mol. The molecule has 0 atom stereocenters. The summed E-state index contributed by atoms with van der Waals surface area (Å²) in [5, 5.41) is 2.61. The monoisotopic (exact) mass is 366 g/mol. The minimum Gasteiger partial charge on any atom is -0.433 e. The molecular formula is C18H20F2N2O2S. The number of carbonyl (C=O) groups is 1. The Kier molecular flexibility index (Phi) is 7.21. The molecule has 0 radical (unpaired) electrons. The highest BCUT2D eigenvalue weighted by Gasteiger charge is 2.13. The summed E-state index contributed by atoms with van der Waals surface area (Å²) in [5.74, 6) is -0.352. The van der Waals surface area contributed by atoms with Crippen LogP contribution in [-0.4, -0.2) is 37.3 Å². The number of carbonyl (C=O) groups excluding carboxylic acids is 1. The van der Waals surface area contributed by atoms with Gasteiger partial charge in [-0.2, -0.15) is 8.78 Å². The molecule has 0 aliphatic rings. The van der Waals surface area contributed by atoms with Crippen molar-refractivity contribution in [2.45, 2.75) is 18.1 Å². The van der Waals surface area contributed by atoms with E-state index >= 15 is 0 Å². The van der Waals surface area contributed by atoms with Gasteiger partial charge in [0.2, 0.25) is 5.91 Å². The van der Waals surface area contributed by atoms with Gasteiger partial charge in [0.1, 0.15) is 5.75 Å². The number of anilines is 1. The summed E-state index contributed by atoms with van der Waals surface area (Å²) in [7, 11) is 1.82. The second-order valence-corrected chi connectivity index (χ2v) is 6.32. The second kappa shape index (κ2) is 9.39. The van der Waals surface area contributed by atoms with E-state index in [4.69, 9.17) is 0 Å². The maximum absolute atomic E-state index is 12.4. The summed E-state index contributed by atoms with van der Waals surface area (Å²) in [5.41, 5.74) is 1.32. The summed E-state index contributed by atoms with van der Waals surface area (Å²) < 4.78 is 29.2. The van der Waals surface area contributed by atoms with Gasteiger partial charge in [0.15, 0.2) is 0 Å². The number of nitrogens with one attached hydrogen (secondary N) is 1. The minimum atomic E-state index is -2.94. The molecule has 2 rings (SSSR count). The molecule has 2 aromatic carbocycles. The fourth-order valence-electron chi connectivity index (χ4n) is 2.30. The van der Waals surface area contributed by atoms with Crippen molar-refractivity contribution in [1.29, 1.82) is 0 Å². The molecule has 0 fully saturated rings. The number of likely N-dealkylation sites (N-methyl/N-ethyl adjacent to an activating group) is 1. The van der Waals surface area contributed by atoms with Crippen LogP contribution >= 0.6 is 11.8 Å². The van der Waals surface area contributed by atoms with E-state index in [-0.39, 0.29) is 23.9 Å². The first-order valence-electron chi connectivity index (χ1n) is 7.63. The Bertz CT molecular complexity index is 696. The van der Waals surface area contributed by atoms with Crippen LogP contribution in [-0.2, 0) is 11.3 Å². The van der Waals surface area contributed by atoms with Crippen molar-refractivity contribution in [3.05, 3.63) is 54.1 Å². The van der Waals surface area contributed by atoms with Crippen LogP contribution in [0.4, 0.5) is 14.5 Å². The average Bonchev–Trinajstić information content (AvgIpc) is 2.56. The molecule has 0 aromatic heterocycles. The number of benzene rings is 2. The molecule has 0 saturated carbocycles. The van der Waals surface area contributed by atoms with Crippen molar-refractivity contribution >= 4 is 23.4 Å². The Labute approximate surface area is 150 Å². The van der Waals surface area contributed by atoms with E-state index in [9.17, 15) is 13.6 Å². The van der Waals surface area contributed by atoms with Crippen molar-refractivity contribution < 1.29 is 18.3 Å². The zero-order valence-corrected chi connectivity index (χ0v) is 14.9. The van der Waals surface area contributed by atoms with E-state index < -0.39 is 6.61 Å². The van der Waals surface area contributed by atoms with Crippen LogP contribution < -0.4 is 10.1 Å². The summed E-state index contributed by atoms with van der Waals surface area (Å²) in [6.07, 6.45) is 2.01. The number of alkyl halides is 2. The van der Waals surface area contributed by atoms with E-state index in [0.29, 0.717) is 6.54 Å². The number of hydrogen-bond acceptors (Lipinski definition) is 4. The highest BCUT2D eigenvalue weighted by Crippen LogP contribution is 2.25. The fraction of sp³-hybridized carbons (Fsp3) is 0.278. The van der Waals surface area contributed by atoms with Crippen LogP contribution in [0.1, 0.15) is 5.56 Å². The highest BCUT2D eigenvalue weighted by atomic mass is 32.2. The number of hydrogen-bond donors (Lipinski definition) is 1. The Morgan fingerprint density at radius 2 is 1.88 bits per heavy atom. The van der Waals surface area contributed by atoms with E-state index in [2.05, 4.69) is 10.1 Å². The molecule has 0 aliphatic carbocycles. The zero-order chi connectivity index (χ0) is 18.2. The summed E-state index contributed by atoms with van der Waals surface area (Å²) >= 11 is 1.67. The molecule has 0 bridgehead atoms. The number of amides is 1. The third kappa shape index (κ3) is 6.36. The first-order valence-corrected chi connectivity index (χ1v) is 8.85. The van der Waals surface area contributed by atoms with Crippen molar-refractivity contribution in [3.63, 3.8) is 0 Å². The Hall–Kier alpha value is -2.12. The van der Waals surface area contributed by atoms with Crippen LogP contribution in [0.25, 0.3) is 0 Å². The van der Waals surface area contributed by atoms with Crippen molar-refractivity contribution in [2.75, 3.05) is 25.2 Å². The third-order valence-corrected chi connectivity index (χ3v) is 4.15.